The number of carbonyl (C=O) groups excluding carboxylic acids is 1. The summed E-state index contributed by atoms with van der Waals surface area (Å²) in [4.78, 5) is 11.9. The first kappa shape index (κ1) is 13.9. The highest BCUT2D eigenvalue weighted by molar-refractivity contribution is 5.99. The highest BCUT2D eigenvalue weighted by Gasteiger charge is 2.40. The first-order valence-corrected chi connectivity index (χ1v) is 6.00. The number of anilines is 1. The second kappa shape index (κ2) is 4.52. The van der Waals surface area contributed by atoms with Crippen LogP contribution in [0.3, 0.4) is 0 Å². The number of carbonyl (C=O) groups is 1. The van der Waals surface area contributed by atoms with Gasteiger partial charge in [0.1, 0.15) is 0 Å². The Morgan fingerprint density at radius 3 is 2.47 bits per heavy atom. The molecule has 1 aromatic rings. The maximum atomic E-state index is 12.6. The van der Waals surface area contributed by atoms with Crippen LogP contribution in [0.25, 0.3) is 0 Å². The number of halogens is 3. The second-order valence-electron chi connectivity index (χ2n) is 4.99. The maximum absolute atomic E-state index is 12.6. The van der Waals surface area contributed by atoms with Crippen LogP contribution in [-0.4, -0.2) is 11.4 Å². The predicted octanol–water partition coefficient (Wildman–Crippen LogP) is 2.83. The Kier molecular flexibility index (Phi) is 3.30. The zero-order chi connectivity index (χ0) is 14.3. The fourth-order valence-electron chi connectivity index (χ4n) is 1.96. The van der Waals surface area contributed by atoms with E-state index in [4.69, 9.17) is 5.73 Å². The summed E-state index contributed by atoms with van der Waals surface area (Å²) >= 11 is 0. The van der Waals surface area contributed by atoms with Crippen LogP contribution in [0.5, 0.6) is 0 Å². The summed E-state index contributed by atoms with van der Waals surface area (Å²) in [6, 6.07) is 3.27. The van der Waals surface area contributed by atoms with E-state index in [-0.39, 0.29) is 5.69 Å². The van der Waals surface area contributed by atoms with Crippen molar-refractivity contribution in [2.45, 2.75) is 37.9 Å². The number of rotatable bonds is 2. The first-order chi connectivity index (χ1) is 8.72. The van der Waals surface area contributed by atoms with Crippen LogP contribution in [0.2, 0.25) is 0 Å². The Bertz CT molecular complexity index is 507. The van der Waals surface area contributed by atoms with Crippen molar-refractivity contribution >= 4 is 11.6 Å². The molecule has 0 radical (unpaired) electrons. The largest absolute Gasteiger partial charge is 0.416 e. The van der Waals surface area contributed by atoms with Crippen molar-refractivity contribution < 1.29 is 18.0 Å². The van der Waals surface area contributed by atoms with Gasteiger partial charge in [-0.3, -0.25) is 4.79 Å². The van der Waals surface area contributed by atoms with Crippen LogP contribution >= 0.6 is 0 Å². The molecule has 0 heterocycles. The molecule has 0 atom stereocenters. The molecule has 19 heavy (non-hydrogen) atoms. The predicted molar refractivity (Wildman–Crippen MR) is 65.6 cm³/mol. The molecule has 1 saturated carbocycles. The van der Waals surface area contributed by atoms with E-state index in [1.807, 2.05) is 0 Å². The Balaban J connectivity index is 2.22. The second-order valence-corrected chi connectivity index (χ2v) is 4.99. The van der Waals surface area contributed by atoms with E-state index in [1.54, 1.807) is 6.92 Å². The van der Waals surface area contributed by atoms with E-state index in [1.165, 1.54) is 6.07 Å². The Labute approximate surface area is 109 Å². The van der Waals surface area contributed by atoms with Crippen LogP contribution in [0.4, 0.5) is 18.9 Å². The number of hydrogen-bond acceptors (Lipinski definition) is 2. The van der Waals surface area contributed by atoms with Crippen molar-refractivity contribution in [3.05, 3.63) is 29.3 Å². The number of aryl methyl sites for hydroxylation is 1. The monoisotopic (exact) mass is 272 g/mol. The third-order valence-electron chi connectivity index (χ3n) is 3.51. The van der Waals surface area contributed by atoms with Crippen LogP contribution in [0.15, 0.2) is 18.2 Å². The number of hydrogen-bond donors (Lipinski definition) is 2. The quantitative estimate of drug-likeness (QED) is 0.869. The average Bonchev–Trinajstić information content (AvgIpc) is 2.27. The van der Waals surface area contributed by atoms with Gasteiger partial charge in [0, 0.05) is 5.69 Å². The summed E-state index contributed by atoms with van der Waals surface area (Å²) in [5.41, 5.74) is 4.86. The molecule has 0 bridgehead atoms. The van der Waals surface area contributed by atoms with Gasteiger partial charge in [0.05, 0.1) is 11.1 Å². The summed E-state index contributed by atoms with van der Waals surface area (Å²) in [5, 5.41) is 2.50. The van der Waals surface area contributed by atoms with Crippen LogP contribution in [0, 0.1) is 6.92 Å². The third-order valence-corrected chi connectivity index (χ3v) is 3.51. The van der Waals surface area contributed by atoms with Gasteiger partial charge in [0.25, 0.3) is 0 Å². The van der Waals surface area contributed by atoms with Crippen LogP contribution < -0.4 is 11.1 Å². The fourth-order valence-corrected chi connectivity index (χ4v) is 1.96. The van der Waals surface area contributed by atoms with Gasteiger partial charge in [-0.15, -0.1) is 0 Å². The summed E-state index contributed by atoms with van der Waals surface area (Å²) in [6.07, 6.45) is -2.43. The Morgan fingerprint density at radius 2 is 2.00 bits per heavy atom. The number of benzene rings is 1. The van der Waals surface area contributed by atoms with Gasteiger partial charge in [0.15, 0.2) is 0 Å². The molecule has 3 nitrogen and oxygen atoms in total. The first-order valence-electron chi connectivity index (χ1n) is 6.00. The van der Waals surface area contributed by atoms with E-state index in [0.29, 0.717) is 18.4 Å². The van der Waals surface area contributed by atoms with E-state index < -0.39 is 23.2 Å². The number of nitrogens with two attached hydrogens (primary N) is 1. The number of alkyl halides is 3. The van der Waals surface area contributed by atoms with Gasteiger partial charge in [-0.25, -0.2) is 0 Å². The van der Waals surface area contributed by atoms with E-state index >= 15 is 0 Å². The van der Waals surface area contributed by atoms with Gasteiger partial charge in [-0.2, -0.15) is 13.2 Å². The maximum Gasteiger partial charge on any atom is 0.416 e. The van der Waals surface area contributed by atoms with E-state index in [0.717, 1.165) is 18.6 Å². The normalized spacial score (nSPS) is 17.7. The molecule has 0 unspecified atom stereocenters. The van der Waals surface area contributed by atoms with Crippen molar-refractivity contribution in [2.75, 3.05) is 5.32 Å². The molecule has 1 fully saturated rings. The molecule has 1 aliphatic rings. The van der Waals surface area contributed by atoms with Crippen molar-refractivity contribution in [2.24, 2.45) is 5.73 Å². The highest BCUT2D eigenvalue weighted by atomic mass is 19.4. The molecule has 1 aliphatic carbocycles. The molecule has 104 valence electrons. The minimum Gasteiger partial charge on any atom is -0.324 e. The molecular formula is C13H15F3N2O. The van der Waals surface area contributed by atoms with Crippen molar-refractivity contribution in [3.63, 3.8) is 0 Å². The van der Waals surface area contributed by atoms with E-state index in [2.05, 4.69) is 5.32 Å². The van der Waals surface area contributed by atoms with Crippen LogP contribution in [-0.2, 0) is 11.0 Å². The molecule has 0 spiro atoms. The van der Waals surface area contributed by atoms with Gasteiger partial charge >= 0.3 is 6.18 Å². The minimum atomic E-state index is -4.43. The zero-order valence-electron chi connectivity index (χ0n) is 10.5. The van der Waals surface area contributed by atoms with Gasteiger partial charge in [-0.05, 0) is 43.9 Å². The van der Waals surface area contributed by atoms with Gasteiger partial charge < -0.3 is 11.1 Å². The summed E-state index contributed by atoms with van der Waals surface area (Å²) in [7, 11) is 0. The number of amides is 1. The standard InChI is InChI=1S/C13H15F3N2O/c1-8-3-4-9(13(14,15)16)7-10(8)18-11(19)12(17)5-2-6-12/h3-4,7H,2,5-6,17H2,1H3,(H,18,19). The topological polar surface area (TPSA) is 55.1 Å². The molecule has 2 rings (SSSR count). The lowest BCUT2D eigenvalue weighted by molar-refractivity contribution is -0.137. The molecule has 0 aromatic heterocycles. The highest BCUT2D eigenvalue weighted by Crippen LogP contribution is 2.34. The fraction of sp³-hybridized carbons (Fsp3) is 0.462. The average molecular weight is 272 g/mol. The van der Waals surface area contributed by atoms with Crippen molar-refractivity contribution in [1.82, 2.24) is 0 Å². The summed E-state index contributed by atoms with van der Waals surface area (Å²) in [6.45, 7) is 1.64. The lowest BCUT2D eigenvalue weighted by Crippen LogP contribution is -2.56. The minimum absolute atomic E-state index is 0.163. The number of nitrogens with one attached hydrogen (secondary N) is 1. The molecular weight excluding hydrogens is 257 g/mol. The zero-order valence-corrected chi connectivity index (χ0v) is 10.5. The van der Waals surface area contributed by atoms with Crippen molar-refractivity contribution in [1.29, 1.82) is 0 Å². The molecule has 0 saturated heterocycles. The molecule has 3 N–H and O–H groups in total. The van der Waals surface area contributed by atoms with Gasteiger partial charge in [0.2, 0.25) is 5.91 Å². The SMILES string of the molecule is Cc1ccc(C(F)(F)F)cc1NC(=O)C1(N)CCC1. The molecule has 1 aromatic carbocycles. The summed E-state index contributed by atoms with van der Waals surface area (Å²) in [5.74, 6) is -0.416. The lowest BCUT2D eigenvalue weighted by Gasteiger charge is -2.36. The smallest absolute Gasteiger partial charge is 0.324 e. The molecule has 6 heteroatoms. The Hall–Kier alpha value is -1.56. The van der Waals surface area contributed by atoms with E-state index in [9.17, 15) is 18.0 Å². The lowest BCUT2D eigenvalue weighted by atomic mass is 9.77. The van der Waals surface area contributed by atoms with Crippen molar-refractivity contribution in [3.8, 4) is 0 Å². The summed E-state index contributed by atoms with van der Waals surface area (Å²) < 4.78 is 37.8. The Morgan fingerprint density at radius 1 is 1.37 bits per heavy atom. The van der Waals surface area contributed by atoms with Gasteiger partial charge in [-0.1, -0.05) is 6.07 Å². The molecule has 1 amide bonds. The molecule has 0 aliphatic heterocycles. The van der Waals surface area contributed by atoms with Crippen LogP contribution in [0.1, 0.15) is 30.4 Å². The third kappa shape index (κ3) is 2.73.